The van der Waals surface area contributed by atoms with Crippen molar-refractivity contribution in [3.8, 4) is 0 Å². The summed E-state index contributed by atoms with van der Waals surface area (Å²) in [4.78, 5) is 16.3. The molecule has 5 nitrogen and oxygen atoms in total. The van der Waals surface area contributed by atoms with Crippen LogP contribution in [0.4, 0.5) is 5.95 Å². The van der Waals surface area contributed by atoms with Crippen LogP contribution in [-0.2, 0) is 0 Å². The summed E-state index contributed by atoms with van der Waals surface area (Å²) in [7, 11) is 0. The lowest BCUT2D eigenvalue weighted by atomic mass is 10.3. The minimum absolute atomic E-state index is 0.146. The maximum absolute atomic E-state index is 5.74. The normalized spacial score (nSPS) is 17.8. The monoisotopic (exact) mass is 261 g/mol. The second-order valence-corrected chi connectivity index (χ2v) is 4.27. The van der Waals surface area contributed by atoms with Gasteiger partial charge in [-0.1, -0.05) is 6.92 Å². The van der Waals surface area contributed by atoms with Crippen LogP contribution >= 0.6 is 23.2 Å². The molecule has 1 saturated heterocycles. The predicted octanol–water partition coefficient (Wildman–Crippen LogP) is 1.32. The zero-order chi connectivity index (χ0) is 11.5. The Bertz CT molecular complexity index is 345. The van der Waals surface area contributed by atoms with Crippen molar-refractivity contribution in [3.63, 3.8) is 0 Å². The van der Waals surface area contributed by atoms with Gasteiger partial charge in [0.25, 0.3) is 0 Å². The number of likely N-dealkylation sites (N-methyl/N-ethyl adjacent to an activating group) is 1. The molecular weight excluding hydrogens is 249 g/mol. The fourth-order valence-electron chi connectivity index (χ4n) is 1.72. The SMILES string of the molecule is CCN1CCN(c2nc(Cl)nc(Cl)n2)CC1. The molecule has 1 aliphatic heterocycles. The van der Waals surface area contributed by atoms with Crippen molar-refractivity contribution in [2.24, 2.45) is 0 Å². The highest BCUT2D eigenvalue weighted by Gasteiger charge is 2.18. The van der Waals surface area contributed by atoms with Gasteiger partial charge in [0.05, 0.1) is 0 Å². The molecule has 0 atom stereocenters. The van der Waals surface area contributed by atoms with Crippen molar-refractivity contribution in [2.45, 2.75) is 6.92 Å². The van der Waals surface area contributed by atoms with Gasteiger partial charge in [-0.15, -0.1) is 0 Å². The molecule has 0 aromatic carbocycles. The van der Waals surface area contributed by atoms with Gasteiger partial charge in [-0.3, -0.25) is 0 Å². The van der Waals surface area contributed by atoms with Crippen LogP contribution < -0.4 is 4.90 Å². The second-order valence-electron chi connectivity index (χ2n) is 3.59. The number of aromatic nitrogens is 3. The van der Waals surface area contributed by atoms with Gasteiger partial charge in [-0.2, -0.15) is 15.0 Å². The van der Waals surface area contributed by atoms with Gasteiger partial charge < -0.3 is 9.80 Å². The first kappa shape index (κ1) is 11.8. The van der Waals surface area contributed by atoms with E-state index in [1.54, 1.807) is 0 Å². The first-order chi connectivity index (χ1) is 7.69. The third-order valence-electron chi connectivity index (χ3n) is 2.67. The molecule has 1 aromatic heterocycles. The Kier molecular flexibility index (Phi) is 3.78. The molecule has 1 aromatic rings. The zero-order valence-corrected chi connectivity index (χ0v) is 10.5. The van der Waals surface area contributed by atoms with Gasteiger partial charge in [0.2, 0.25) is 16.5 Å². The molecule has 88 valence electrons. The number of halogens is 2. The van der Waals surface area contributed by atoms with Crippen molar-refractivity contribution in [2.75, 3.05) is 37.6 Å². The maximum atomic E-state index is 5.74. The Hall–Kier alpha value is -0.650. The van der Waals surface area contributed by atoms with Crippen LogP contribution in [0, 0.1) is 0 Å². The lowest BCUT2D eigenvalue weighted by molar-refractivity contribution is 0.270. The summed E-state index contributed by atoms with van der Waals surface area (Å²) in [5.74, 6) is 0.570. The molecular formula is C9H13Cl2N5. The second kappa shape index (κ2) is 5.12. The molecule has 1 aliphatic rings. The van der Waals surface area contributed by atoms with Crippen LogP contribution in [0.2, 0.25) is 10.6 Å². The molecule has 0 bridgehead atoms. The van der Waals surface area contributed by atoms with E-state index < -0.39 is 0 Å². The number of nitrogens with zero attached hydrogens (tertiary/aromatic N) is 5. The fraction of sp³-hybridized carbons (Fsp3) is 0.667. The number of hydrogen-bond acceptors (Lipinski definition) is 5. The Morgan fingerprint density at radius 1 is 1.00 bits per heavy atom. The van der Waals surface area contributed by atoms with Crippen LogP contribution in [0.25, 0.3) is 0 Å². The standard InChI is InChI=1S/C9H13Cl2N5/c1-2-15-3-5-16(6-4-15)9-13-7(10)12-8(11)14-9/h2-6H2,1H3. The van der Waals surface area contributed by atoms with E-state index in [0.29, 0.717) is 5.95 Å². The van der Waals surface area contributed by atoms with Crippen molar-refractivity contribution < 1.29 is 0 Å². The Labute approximate surface area is 104 Å². The average Bonchev–Trinajstić information content (AvgIpc) is 2.28. The highest BCUT2D eigenvalue weighted by Crippen LogP contribution is 2.15. The number of hydrogen-bond donors (Lipinski definition) is 0. The molecule has 0 unspecified atom stereocenters. The lowest BCUT2D eigenvalue weighted by Gasteiger charge is -2.33. The van der Waals surface area contributed by atoms with Crippen LogP contribution in [0.3, 0.4) is 0 Å². The molecule has 0 saturated carbocycles. The topological polar surface area (TPSA) is 45.2 Å². The Morgan fingerprint density at radius 2 is 1.56 bits per heavy atom. The minimum atomic E-state index is 0.146. The van der Waals surface area contributed by atoms with E-state index in [1.165, 1.54) is 0 Å². The molecule has 2 rings (SSSR count). The number of rotatable bonds is 2. The molecule has 1 fully saturated rings. The number of piperazine rings is 1. The Morgan fingerprint density at radius 3 is 2.06 bits per heavy atom. The summed E-state index contributed by atoms with van der Waals surface area (Å²) < 4.78 is 0. The van der Waals surface area contributed by atoms with Gasteiger partial charge >= 0.3 is 0 Å². The van der Waals surface area contributed by atoms with Crippen molar-refractivity contribution in [1.29, 1.82) is 0 Å². The largest absolute Gasteiger partial charge is 0.338 e. The van der Waals surface area contributed by atoms with Crippen LogP contribution in [-0.4, -0.2) is 52.6 Å². The third kappa shape index (κ3) is 2.72. The molecule has 0 aliphatic carbocycles. The van der Waals surface area contributed by atoms with Crippen molar-refractivity contribution >= 4 is 29.2 Å². The zero-order valence-electron chi connectivity index (χ0n) is 9.03. The third-order valence-corrected chi connectivity index (χ3v) is 3.01. The lowest BCUT2D eigenvalue weighted by Crippen LogP contribution is -2.46. The summed E-state index contributed by atoms with van der Waals surface area (Å²) in [5.41, 5.74) is 0. The Balaban J connectivity index is 2.08. The molecule has 7 heteroatoms. The van der Waals surface area contributed by atoms with E-state index in [2.05, 4.69) is 31.7 Å². The van der Waals surface area contributed by atoms with Crippen LogP contribution in [0.15, 0.2) is 0 Å². The van der Waals surface area contributed by atoms with Gasteiger partial charge in [0.15, 0.2) is 0 Å². The maximum Gasteiger partial charge on any atom is 0.231 e. The molecule has 0 N–H and O–H groups in total. The molecule has 0 radical (unpaired) electrons. The van der Waals surface area contributed by atoms with Crippen molar-refractivity contribution in [1.82, 2.24) is 19.9 Å². The molecule has 2 heterocycles. The quantitative estimate of drug-likeness (QED) is 0.804. The highest BCUT2D eigenvalue weighted by atomic mass is 35.5. The molecule has 0 spiro atoms. The van der Waals surface area contributed by atoms with Gasteiger partial charge in [-0.25, -0.2) is 0 Å². The highest BCUT2D eigenvalue weighted by molar-refractivity contribution is 6.31. The molecule has 0 amide bonds. The van der Waals surface area contributed by atoms with Gasteiger partial charge in [0.1, 0.15) is 0 Å². The van der Waals surface area contributed by atoms with Crippen LogP contribution in [0.5, 0.6) is 0 Å². The summed E-state index contributed by atoms with van der Waals surface area (Å²) in [5, 5.41) is 0.292. The summed E-state index contributed by atoms with van der Waals surface area (Å²) in [6.07, 6.45) is 0. The van der Waals surface area contributed by atoms with Gasteiger partial charge in [0, 0.05) is 26.2 Å². The van der Waals surface area contributed by atoms with E-state index in [1.807, 2.05) is 0 Å². The van der Waals surface area contributed by atoms with Gasteiger partial charge in [-0.05, 0) is 29.7 Å². The van der Waals surface area contributed by atoms with E-state index >= 15 is 0 Å². The average molecular weight is 262 g/mol. The summed E-state index contributed by atoms with van der Waals surface area (Å²) in [6, 6.07) is 0. The van der Waals surface area contributed by atoms with Crippen LogP contribution in [0.1, 0.15) is 6.92 Å². The first-order valence-corrected chi connectivity index (χ1v) is 5.99. The minimum Gasteiger partial charge on any atom is -0.338 e. The van der Waals surface area contributed by atoms with E-state index in [4.69, 9.17) is 23.2 Å². The van der Waals surface area contributed by atoms with E-state index in [-0.39, 0.29) is 10.6 Å². The number of anilines is 1. The summed E-state index contributed by atoms with van der Waals surface area (Å²) >= 11 is 11.5. The van der Waals surface area contributed by atoms with Crippen molar-refractivity contribution in [3.05, 3.63) is 10.6 Å². The first-order valence-electron chi connectivity index (χ1n) is 5.23. The predicted molar refractivity (Wildman–Crippen MR) is 64.2 cm³/mol. The molecule has 16 heavy (non-hydrogen) atoms. The van der Waals surface area contributed by atoms with E-state index in [9.17, 15) is 0 Å². The summed E-state index contributed by atoms with van der Waals surface area (Å²) in [6.45, 7) is 7.04. The fourth-order valence-corrected chi connectivity index (χ4v) is 2.08. The smallest absolute Gasteiger partial charge is 0.231 e. The van der Waals surface area contributed by atoms with E-state index in [0.717, 1.165) is 32.7 Å².